The molecule has 1 aliphatic rings. The number of nitrogens with one attached hydrogen (secondary N) is 1. The number of thioether (sulfide) groups is 1. The number of hydrogen-bond donors (Lipinski definition) is 1. The second-order valence-electron chi connectivity index (χ2n) is 4.79. The minimum Gasteiger partial charge on any atom is -0.469 e. The molecule has 0 radical (unpaired) electrons. The van der Waals surface area contributed by atoms with Crippen LogP contribution in [0, 0.1) is 0 Å². The Morgan fingerprint density at radius 3 is 2.90 bits per heavy atom. The summed E-state index contributed by atoms with van der Waals surface area (Å²) in [5.41, 5.74) is 2.78. The molecule has 0 amide bonds. The molecule has 1 heterocycles. The Hall–Kier alpha value is -0.420. The highest BCUT2D eigenvalue weighted by atomic mass is 35.5. The summed E-state index contributed by atoms with van der Waals surface area (Å²) >= 11 is 8.11. The molecule has 0 saturated heterocycles. The predicted molar refractivity (Wildman–Crippen MR) is 91.0 cm³/mol. The van der Waals surface area contributed by atoms with Crippen LogP contribution < -0.4 is 5.32 Å². The zero-order valence-electron chi connectivity index (χ0n) is 12.1. The maximum absolute atomic E-state index is 11.1. The Morgan fingerprint density at radius 2 is 2.14 bits per heavy atom. The summed E-state index contributed by atoms with van der Waals surface area (Å²) in [6, 6.07) is 4.14. The van der Waals surface area contributed by atoms with Gasteiger partial charge in [0.2, 0.25) is 0 Å². The molecule has 0 bridgehead atoms. The SMILES string of the molecule is COC(=O)CCCSc1c(Cl)ccc2c1CCNCC2.Cl. The monoisotopic (exact) mass is 349 g/mol. The number of halogens is 2. The van der Waals surface area contributed by atoms with Crippen molar-refractivity contribution in [3.63, 3.8) is 0 Å². The summed E-state index contributed by atoms with van der Waals surface area (Å²) in [7, 11) is 1.43. The fourth-order valence-corrected chi connectivity index (χ4v) is 3.81. The van der Waals surface area contributed by atoms with Crippen LogP contribution in [-0.2, 0) is 22.4 Å². The smallest absolute Gasteiger partial charge is 0.305 e. The number of carbonyl (C=O) groups is 1. The molecule has 6 heteroatoms. The first-order valence-corrected chi connectivity index (χ1v) is 8.29. The molecule has 3 nitrogen and oxygen atoms in total. The first-order chi connectivity index (χ1) is 9.72. The molecule has 0 aliphatic carbocycles. The van der Waals surface area contributed by atoms with E-state index >= 15 is 0 Å². The maximum atomic E-state index is 11.1. The van der Waals surface area contributed by atoms with Crippen LogP contribution in [-0.4, -0.2) is 31.9 Å². The van der Waals surface area contributed by atoms with E-state index in [9.17, 15) is 4.79 Å². The lowest BCUT2D eigenvalue weighted by atomic mass is 10.0. The van der Waals surface area contributed by atoms with E-state index in [1.54, 1.807) is 11.8 Å². The van der Waals surface area contributed by atoms with Gasteiger partial charge in [0.25, 0.3) is 0 Å². The molecule has 0 aromatic heterocycles. The highest BCUT2D eigenvalue weighted by molar-refractivity contribution is 7.99. The molecule has 1 N–H and O–H groups in total. The van der Waals surface area contributed by atoms with E-state index in [4.69, 9.17) is 11.6 Å². The Labute approximate surface area is 141 Å². The average Bonchev–Trinajstić information content (AvgIpc) is 2.70. The average molecular weight is 350 g/mol. The summed E-state index contributed by atoms with van der Waals surface area (Å²) in [6.45, 7) is 2.03. The zero-order valence-corrected chi connectivity index (χ0v) is 14.5. The quantitative estimate of drug-likeness (QED) is 0.501. The molecule has 0 spiro atoms. The van der Waals surface area contributed by atoms with Crippen LogP contribution in [0.15, 0.2) is 17.0 Å². The van der Waals surface area contributed by atoms with Gasteiger partial charge in [-0.25, -0.2) is 0 Å². The van der Waals surface area contributed by atoms with Gasteiger partial charge in [0.05, 0.1) is 12.1 Å². The Morgan fingerprint density at radius 1 is 1.38 bits per heavy atom. The van der Waals surface area contributed by atoms with Crippen molar-refractivity contribution >= 4 is 41.7 Å². The van der Waals surface area contributed by atoms with Gasteiger partial charge in [-0.05, 0) is 55.3 Å². The third-order valence-corrected chi connectivity index (χ3v) is 5.11. The van der Waals surface area contributed by atoms with Gasteiger partial charge in [-0.2, -0.15) is 0 Å². The molecule has 118 valence electrons. The van der Waals surface area contributed by atoms with E-state index in [2.05, 4.69) is 16.1 Å². The fourth-order valence-electron chi connectivity index (χ4n) is 2.36. The second kappa shape index (κ2) is 9.57. The van der Waals surface area contributed by atoms with E-state index in [-0.39, 0.29) is 18.4 Å². The van der Waals surface area contributed by atoms with Crippen LogP contribution in [0.3, 0.4) is 0 Å². The number of rotatable bonds is 5. The van der Waals surface area contributed by atoms with Crippen molar-refractivity contribution in [2.45, 2.75) is 30.6 Å². The van der Waals surface area contributed by atoms with Gasteiger partial charge in [0, 0.05) is 11.3 Å². The van der Waals surface area contributed by atoms with Crippen LogP contribution in [0.4, 0.5) is 0 Å². The van der Waals surface area contributed by atoms with Crippen molar-refractivity contribution in [1.82, 2.24) is 5.32 Å². The van der Waals surface area contributed by atoms with E-state index in [0.717, 1.165) is 43.1 Å². The van der Waals surface area contributed by atoms with Gasteiger partial charge >= 0.3 is 5.97 Å². The molecule has 0 atom stereocenters. The van der Waals surface area contributed by atoms with Crippen molar-refractivity contribution in [1.29, 1.82) is 0 Å². The molecule has 1 aliphatic heterocycles. The summed E-state index contributed by atoms with van der Waals surface area (Å²) < 4.78 is 4.65. The minimum absolute atomic E-state index is 0. The second-order valence-corrected chi connectivity index (χ2v) is 6.30. The first-order valence-electron chi connectivity index (χ1n) is 6.93. The number of benzene rings is 1. The molecular formula is C15H21Cl2NO2S. The van der Waals surface area contributed by atoms with Crippen LogP contribution in [0.5, 0.6) is 0 Å². The molecule has 0 fully saturated rings. The third kappa shape index (κ3) is 5.37. The number of ether oxygens (including phenoxy) is 1. The summed E-state index contributed by atoms with van der Waals surface area (Å²) in [4.78, 5) is 12.3. The number of esters is 1. The van der Waals surface area contributed by atoms with Gasteiger partial charge in [0.15, 0.2) is 0 Å². The number of hydrogen-bond acceptors (Lipinski definition) is 4. The summed E-state index contributed by atoms with van der Waals surface area (Å²) in [5.74, 6) is 0.742. The van der Waals surface area contributed by atoms with Gasteiger partial charge in [-0.1, -0.05) is 17.7 Å². The largest absolute Gasteiger partial charge is 0.469 e. The molecule has 0 saturated carbocycles. The topological polar surface area (TPSA) is 38.3 Å². The van der Waals surface area contributed by atoms with Crippen molar-refractivity contribution in [2.24, 2.45) is 0 Å². The Bertz CT molecular complexity index is 483. The predicted octanol–water partition coefficient (Wildman–Crippen LogP) is 3.50. The van der Waals surface area contributed by atoms with Gasteiger partial charge < -0.3 is 10.1 Å². The molecule has 1 aromatic carbocycles. The van der Waals surface area contributed by atoms with Crippen LogP contribution >= 0.6 is 35.8 Å². The van der Waals surface area contributed by atoms with Gasteiger partial charge in [-0.15, -0.1) is 24.2 Å². The van der Waals surface area contributed by atoms with E-state index in [1.165, 1.54) is 23.1 Å². The highest BCUT2D eigenvalue weighted by Crippen LogP contribution is 2.34. The summed E-state index contributed by atoms with van der Waals surface area (Å²) in [5, 5.41) is 4.24. The fraction of sp³-hybridized carbons (Fsp3) is 0.533. The number of fused-ring (bicyclic) bond motifs is 1. The third-order valence-electron chi connectivity index (χ3n) is 3.43. The van der Waals surface area contributed by atoms with E-state index < -0.39 is 0 Å². The van der Waals surface area contributed by atoms with Crippen LogP contribution in [0.2, 0.25) is 5.02 Å². The zero-order chi connectivity index (χ0) is 14.4. The van der Waals surface area contributed by atoms with Crippen LogP contribution in [0.25, 0.3) is 0 Å². The van der Waals surface area contributed by atoms with Crippen molar-refractivity contribution in [3.05, 3.63) is 28.3 Å². The molecule has 2 rings (SSSR count). The van der Waals surface area contributed by atoms with Gasteiger partial charge in [-0.3, -0.25) is 4.79 Å². The molecule has 0 unspecified atom stereocenters. The van der Waals surface area contributed by atoms with Gasteiger partial charge in [0.1, 0.15) is 0 Å². The van der Waals surface area contributed by atoms with Crippen molar-refractivity contribution in [3.8, 4) is 0 Å². The summed E-state index contributed by atoms with van der Waals surface area (Å²) in [6.07, 6.45) is 3.37. The van der Waals surface area contributed by atoms with E-state index in [0.29, 0.717) is 6.42 Å². The normalized spacial score (nSPS) is 13.8. The standard InChI is InChI=1S/C15H20ClNO2S.ClH/c1-19-14(18)3-2-10-20-15-12-7-9-17-8-6-11(12)4-5-13(15)16;/h4-5,17H,2-3,6-10H2,1H3;1H. The number of methoxy groups -OCH3 is 1. The first kappa shape index (κ1) is 18.6. The molecule has 21 heavy (non-hydrogen) atoms. The Balaban J connectivity index is 0.00000220. The Kier molecular flexibility index (Phi) is 8.49. The minimum atomic E-state index is -0.146. The molecular weight excluding hydrogens is 329 g/mol. The maximum Gasteiger partial charge on any atom is 0.305 e. The van der Waals surface area contributed by atoms with E-state index in [1.807, 2.05) is 6.07 Å². The lowest BCUT2D eigenvalue weighted by Gasteiger charge is -2.13. The molecule has 1 aromatic rings. The lowest BCUT2D eigenvalue weighted by Crippen LogP contribution is -2.16. The van der Waals surface area contributed by atoms with Crippen molar-refractivity contribution in [2.75, 3.05) is 26.0 Å². The number of carbonyl (C=O) groups excluding carboxylic acids is 1. The van der Waals surface area contributed by atoms with Crippen LogP contribution in [0.1, 0.15) is 24.0 Å². The highest BCUT2D eigenvalue weighted by Gasteiger charge is 2.15. The lowest BCUT2D eigenvalue weighted by molar-refractivity contribution is -0.140. The van der Waals surface area contributed by atoms with Crippen molar-refractivity contribution < 1.29 is 9.53 Å².